The molecule has 0 saturated carbocycles. The highest BCUT2D eigenvalue weighted by molar-refractivity contribution is 5.80. The normalized spacial score (nSPS) is 10.5. The minimum atomic E-state index is -1.06. The molecule has 0 aromatic heterocycles. The van der Waals surface area contributed by atoms with E-state index in [1.807, 2.05) is 0 Å². The molecule has 0 aliphatic rings. The molecule has 2 amide bonds. The summed E-state index contributed by atoms with van der Waals surface area (Å²) in [5.74, 6) is -1.06. The van der Waals surface area contributed by atoms with Crippen LogP contribution in [0.5, 0.6) is 0 Å². The Morgan fingerprint density at radius 1 is 1.28 bits per heavy atom. The number of carboxylic acid groups (broad SMARTS) is 1. The number of aliphatic hydroxyl groups excluding tert-OH is 1. The topological polar surface area (TPSA) is 90.3 Å². The SMILES string of the molecule is COCCN(CCO)C(=O)N(CC(=O)O)C(C)C. The molecule has 2 N–H and O–H groups in total. The van der Waals surface area contributed by atoms with Crippen molar-refractivity contribution in [2.45, 2.75) is 19.9 Å². The van der Waals surface area contributed by atoms with Gasteiger partial charge in [-0.3, -0.25) is 4.79 Å². The molecule has 0 unspecified atom stereocenters. The summed E-state index contributed by atoms with van der Waals surface area (Å²) in [4.78, 5) is 25.5. The lowest BCUT2D eigenvalue weighted by Gasteiger charge is -2.31. The Morgan fingerprint density at radius 3 is 2.28 bits per heavy atom. The molecule has 0 fully saturated rings. The first-order valence-corrected chi connectivity index (χ1v) is 5.81. The van der Waals surface area contributed by atoms with Crippen LogP contribution < -0.4 is 0 Å². The van der Waals surface area contributed by atoms with Crippen molar-refractivity contribution in [3.63, 3.8) is 0 Å². The van der Waals surface area contributed by atoms with Crippen LogP contribution in [0.4, 0.5) is 4.79 Å². The highest BCUT2D eigenvalue weighted by Crippen LogP contribution is 2.04. The van der Waals surface area contributed by atoms with Gasteiger partial charge in [-0.05, 0) is 13.8 Å². The standard InChI is InChI=1S/C11H22N2O5/c1-9(2)13(8-10(15)16)11(17)12(4-6-14)5-7-18-3/h9,14H,4-8H2,1-3H3,(H,15,16). The molecule has 0 aromatic carbocycles. The van der Waals surface area contributed by atoms with Crippen LogP contribution in [0.3, 0.4) is 0 Å². The van der Waals surface area contributed by atoms with Crippen molar-refractivity contribution < 1.29 is 24.5 Å². The number of hydrogen-bond donors (Lipinski definition) is 2. The first-order valence-electron chi connectivity index (χ1n) is 5.81. The summed E-state index contributed by atoms with van der Waals surface area (Å²) in [5.41, 5.74) is 0. The number of carboxylic acids is 1. The van der Waals surface area contributed by atoms with E-state index in [-0.39, 0.29) is 25.7 Å². The number of hydrogen-bond acceptors (Lipinski definition) is 4. The lowest BCUT2D eigenvalue weighted by atomic mass is 10.3. The van der Waals surface area contributed by atoms with Crippen molar-refractivity contribution in [3.8, 4) is 0 Å². The van der Waals surface area contributed by atoms with Crippen LogP contribution in [-0.2, 0) is 9.53 Å². The fourth-order valence-electron chi connectivity index (χ4n) is 1.42. The number of methoxy groups -OCH3 is 1. The number of carbonyl (C=O) groups is 2. The van der Waals surface area contributed by atoms with Crippen LogP contribution in [0, 0.1) is 0 Å². The number of urea groups is 1. The summed E-state index contributed by atoms with van der Waals surface area (Å²) in [7, 11) is 1.51. The molecule has 0 atom stereocenters. The first-order chi connectivity index (χ1) is 8.43. The van der Waals surface area contributed by atoms with Gasteiger partial charge < -0.3 is 24.7 Å². The van der Waals surface area contributed by atoms with Crippen molar-refractivity contribution in [3.05, 3.63) is 0 Å². The fraction of sp³-hybridized carbons (Fsp3) is 0.818. The number of aliphatic hydroxyl groups is 1. The minimum Gasteiger partial charge on any atom is -0.480 e. The Hall–Kier alpha value is -1.34. The van der Waals surface area contributed by atoms with Crippen molar-refractivity contribution >= 4 is 12.0 Å². The van der Waals surface area contributed by atoms with Gasteiger partial charge in [0.1, 0.15) is 6.54 Å². The zero-order valence-electron chi connectivity index (χ0n) is 11.1. The number of aliphatic carboxylic acids is 1. The van der Waals surface area contributed by atoms with Gasteiger partial charge in [0.25, 0.3) is 0 Å². The Balaban J connectivity index is 4.70. The number of amides is 2. The van der Waals surface area contributed by atoms with Gasteiger partial charge in [-0.2, -0.15) is 0 Å². The van der Waals surface area contributed by atoms with Gasteiger partial charge in [-0.15, -0.1) is 0 Å². The molecule has 0 aliphatic heterocycles. The molecule has 7 heteroatoms. The second-order valence-corrected chi connectivity index (χ2v) is 4.10. The van der Waals surface area contributed by atoms with E-state index in [2.05, 4.69) is 0 Å². The summed E-state index contributed by atoms with van der Waals surface area (Å²) in [6.07, 6.45) is 0. The van der Waals surface area contributed by atoms with Gasteiger partial charge in [0.15, 0.2) is 0 Å². The Bertz CT molecular complexity index is 270. The molecule has 0 bridgehead atoms. The maximum atomic E-state index is 12.1. The van der Waals surface area contributed by atoms with E-state index < -0.39 is 12.0 Å². The summed E-state index contributed by atoms with van der Waals surface area (Å²) in [5, 5.41) is 17.7. The highest BCUT2D eigenvalue weighted by atomic mass is 16.5. The molecule has 7 nitrogen and oxygen atoms in total. The van der Waals surface area contributed by atoms with Crippen LogP contribution in [0.15, 0.2) is 0 Å². The molecular formula is C11H22N2O5. The van der Waals surface area contributed by atoms with Crippen LogP contribution in [0.25, 0.3) is 0 Å². The lowest BCUT2D eigenvalue weighted by molar-refractivity contribution is -0.138. The highest BCUT2D eigenvalue weighted by Gasteiger charge is 2.24. The van der Waals surface area contributed by atoms with E-state index in [9.17, 15) is 9.59 Å². The van der Waals surface area contributed by atoms with Gasteiger partial charge in [-0.1, -0.05) is 0 Å². The van der Waals surface area contributed by atoms with Crippen molar-refractivity contribution in [1.82, 2.24) is 9.80 Å². The van der Waals surface area contributed by atoms with Crippen molar-refractivity contribution in [2.24, 2.45) is 0 Å². The van der Waals surface area contributed by atoms with Crippen LogP contribution in [-0.4, -0.2) is 78.0 Å². The van der Waals surface area contributed by atoms with Crippen molar-refractivity contribution in [1.29, 1.82) is 0 Å². The second-order valence-electron chi connectivity index (χ2n) is 4.10. The van der Waals surface area contributed by atoms with Crippen LogP contribution in [0.2, 0.25) is 0 Å². The monoisotopic (exact) mass is 262 g/mol. The number of carbonyl (C=O) groups excluding carboxylic acids is 1. The minimum absolute atomic E-state index is 0.158. The predicted molar refractivity (Wildman–Crippen MR) is 65.4 cm³/mol. The first kappa shape index (κ1) is 16.7. The Kier molecular flexibility index (Phi) is 8.06. The van der Waals surface area contributed by atoms with Crippen LogP contribution in [0.1, 0.15) is 13.8 Å². The number of ether oxygens (including phenoxy) is 1. The average Bonchev–Trinajstić information content (AvgIpc) is 2.30. The van der Waals surface area contributed by atoms with E-state index in [1.165, 1.54) is 16.9 Å². The summed E-state index contributed by atoms with van der Waals surface area (Å²) in [6, 6.07) is -0.629. The molecular weight excluding hydrogens is 240 g/mol. The second kappa shape index (κ2) is 8.71. The van der Waals surface area contributed by atoms with Crippen molar-refractivity contribution in [2.75, 3.05) is 40.0 Å². The van der Waals surface area contributed by atoms with Gasteiger partial charge in [0.2, 0.25) is 0 Å². The Labute approximate surface area is 107 Å². The van der Waals surface area contributed by atoms with Crippen LogP contribution >= 0.6 is 0 Å². The quantitative estimate of drug-likeness (QED) is 0.634. The lowest BCUT2D eigenvalue weighted by Crippen LogP contribution is -2.50. The maximum absolute atomic E-state index is 12.1. The van der Waals surface area contributed by atoms with Gasteiger partial charge >= 0.3 is 12.0 Å². The summed E-state index contributed by atoms with van der Waals surface area (Å²) in [6.45, 7) is 3.77. The van der Waals surface area contributed by atoms with E-state index in [0.29, 0.717) is 13.2 Å². The predicted octanol–water partition coefficient (Wildman–Crippen LogP) is -0.158. The maximum Gasteiger partial charge on any atom is 0.323 e. The van der Waals surface area contributed by atoms with Gasteiger partial charge in [0.05, 0.1) is 13.2 Å². The van der Waals surface area contributed by atoms with E-state index in [0.717, 1.165) is 0 Å². The molecule has 18 heavy (non-hydrogen) atoms. The molecule has 0 aromatic rings. The third-order valence-electron chi connectivity index (χ3n) is 2.38. The summed E-state index contributed by atoms with van der Waals surface area (Å²) >= 11 is 0. The smallest absolute Gasteiger partial charge is 0.323 e. The fourth-order valence-corrected chi connectivity index (χ4v) is 1.42. The number of nitrogens with zero attached hydrogens (tertiary/aromatic N) is 2. The third-order valence-corrected chi connectivity index (χ3v) is 2.38. The van der Waals surface area contributed by atoms with E-state index in [1.54, 1.807) is 13.8 Å². The molecule has 0 heterocycles. The molecule has 0 radical (unpaired) electrons. The zero-order chi connectivity index (χ0) is 14.1. The molecule has 0 aliphatic carbocycles. The average molecular weight is 262 g/mol. The van der Waals surface area contributed by atoms with E-state index >= 15 is 0 Å². The number of rotatable bonds is 8. The zero-order valence-corrected chi connectivity index (χ0v) is 11.1. The molecule has 0 rings (SSSR count). The third kappa shape index (κ3) is 5.83. The largest absolute Gasteiger partial charge is 0.480 e. The van der Waals surface area contributed by atoms with Gasteiger partial charge in [0, 0.05) is 26.2 Å². The molecule has 0 spiro atoms. The summed E-state index contributed by atoms with van der Waals surface area (Å²) < 4.78 is 4.88. The van der Waals surface area contributed by atoms with Gasteiger partial charge in [-0.25, -0.2) is 4.79 Å². The molecule has 106 valence electrons. The van der Waals surface area contributed by atoms with E-state index in [4.69, 9.17) is 14.9 Å². The molecule has 0 saturated heterocycles. The Morgan fingerprint density at radius 2 is 1.89 bits per heavy atom.